The second kappa shape index (κ2) is 5.71. The maximum absolute atomic E-state index is 12.8. The molecule has 0 unspecified atom stereocenters. The number of hydrogen-bond donors (Lipinski definition) is 1. The molecule has 100 valence electrons. The Kier molecular flexibility index (Phi) is 4.23. The van der Waals surface area contributed by atoms with Gasteiger partial charge in [-0.1, -0.05) is 6.92 Å². The highest BCUT2D eigenvalue weighted by molar-refractivity contribution is 5.83. The Morgan fingerprint density at radius 2 is 2.11 bits per heavy atom. The van der Waals surface area contributed by atoms with Crippen LogP contribution in [-0.2, 0) is 4.79 Å². The van der Waals surface area contributed by atoms with Crippen LogP contribution >= 0.6 is 0 Å². The van der Waals surface area contributed by atoms with Crippen LogP contribution in [0.5, 0.6) is 0 Å². The van der Waals surface area contributed by atoms with Crippen molar-refractivity contribution in [2.75, 3.05) is 19.6 Å². The number of carbonyl (C=O) groups is 1. The van der Waals surface area contributed by atoms with Gasteiger partial charge in [0, 0.05) is 12.6 Å². The zero-order chi connectivity index (χ0) is 13.0. The third-order valence-corrected chi connectivity index (χ3v) is 4.40. The molecule has 1 heterocycles. The first kappa shape index (κ1) is 13.4. The molecule has 2 rings (SSSR count). The second-order valence-electron chi connectivity index (χ2n) is 5.52. The maximum Gasteiger partial charge on any atom is 0.229 e. The quantitative estimate of drug-likeness (QED) is 0.806. The van der Waals surface area contributed by atoms with E-state index < -0.39 is 0 Å². The monoisotopic (exact) mass is 249 g/mol. The van der Waals surface area contributed by atoms with E-state index in [1.165, 1.54) is 0 Å². The molecule has 1 amide bonds. The van der Waals surface area contributed by atoms with Gasteiger partial charge in [-0.2, -0.15) is 5.26 Å². The molecule has 1 saturated heterocycles. The van der Waals surface area contributed by atoms with Crippen LogP contribution in [0.4, 0.5) is 0 Å². The number of nitriles is 1. The van der Waals surface area contributed by atoms with Crippen LogP contribution in [0.3, 0.4) is 0 Å². The smallest absolute Gasteiger partial charge is 0.229 e. The Bertz CT molecular complexity index is 337. The zero-order valence-electron chi connectivity index (χ0n) is 11.2. The van der Waals surface area contributed by atoms with Gasteiger partial charge < -0.3 is 10.2 Å². The molecule has 2 aliphatic rings. The molecule has 0 bridgehead atoms. The Balaban J connectivity index is 2.07. The number of amides is 1. The maximum atomic E-state index is 12.8. The van der Waals surface area contributed by atoms with Crippen molar-refractivity contribution in [1.82, 2.24) is 10.2 Å². The van der Waals surface area contributed by atoms with Crippen LogP contribution in [0.1, 0.15) is 45.4 Å². The fourth-order valence-electron chi connectivity index (χ4n) is 2.94. The molecule has 0 spiro atoms. The lowest BCUT2D eigenvalue weighted by Gasteiger charge is -2.39. The minimum absolute atomic E-state index is 0.163. The summed E-state index contributed by atoms with van der Waals surface area (Å²) in [4.78, 5) is 14.8. The van der Waals surface area contributed by atoms with Gasteiger partial charge in [0.2, 0.25) is 5.91 Å². The minimum atomic E-state index is -0.163. The molecular weight excluding hydrogens is 226 g/mol. The van der Waals surface area contributed by atoms with Crippen molar-refractivity contribution in [3.05, 3.63) is 0 Å². The number of piperidine rings is 1. The van der Waals surface area contributed by atoms with Crippen molar-refractivity contribution < 1.29 is 4.79 Å². The number of carbonyl (C=O) groups excluding carboxylic acids is 1. The highest BCUT2D eigenvalue weighted by Gasteiger charge is 2.44. The average molecular weight is 249 g/mol. The number of rotatable bonds is 5. The lowest BCUT2D eigenvalue weighted by molar-refractivity contribution is -0.144. The van der Waals surface area contributed by atoms with Crippen molar-refractivity contribution >= 4 is 5.91 Å². The SMILES string of the molecule is CCC1(C(=O)N(CCC#N)C2CC2)CCNCC1. The molecule has 0 aromatic heterocycles. The highest BCUT2D eigenvalue weighted by atomic mass is 16.2. The van der Waals surface area contributed by atoms with Crippen LogP contribution < -0.4 is 5.32 Å². The van der Waals surface area contributed by atoms with Crippen molar-refractivity contribution in [3.8, 4) is 6.07 Å². The fraction of sp³-hybridized carbons (Fsp3) is 0.857. The third kappa shape index (κ3) is 2.67. The number of nitrogens with zero attached hydrogens (tertiary/aromatic N) is 2. The topological polar surface area (TPSA) is 56.1 Å². The van der Waals surface area contributed by atoms with Gasteiger partial charge in [-0.3, -0.25) is 4.79 Å². The van der Waals surface area contributed by atoms with Crippen molar-refractivity contribution in [2.45, 2.75) is 51.5 Å². The first-order valence-corrected chi connectivity index (χ1v) is 7.12. The molecule has 4 heteroatoms. The predicted octanol–water partition coefficient (Wildman–Crippen LogP) is 1.67. The Labute approximate surface area is 109 Å². The summed E-state index contributed by atoms with van der Waals surface area (Å²) in [6.45, 7) is 4.63. The lowest BCUT2D eigenvalue weighted by Crippen LogP contribution is -2.50. The Morgan fingerprint density at radius 3 is 2.61 bits per heavy atom. The molecule has 1 aliphatic heterocycles. The lowest BCUT2D eigenvalue weighted by atomic mass is 9.75. The standard InChI is InChI=1S/C14H23N3O/c1-2-14(6-9-16-10-7-14)13(18)17(11-3-8-15)12-4-5-12/h12,16H,2-7,9-11H2,1H3. The van der Waals surface area contributed by atoms with Gasteiger partial charge in [-0.25, -0.2) is 0 Å². The van der Waals surface area contributed by atoms with E-state index in [0.29, 0.717) is 24.9 Å². The summed E-state index contributed by atoms with van der Waals surface area (Å²) in [5.41, 5.74) is -0.163. The summed E-state index contributed by atoms with van der Waals surface area (Å²) in [5, 5.41) is 12.1. The molecule has 1 N–H and O–H groups in total. The van der Waals surface area contributed by atoms with E-state index in [1.54, 1.807) is 0 Å². The summed E-state index contributed by atoms with van der Waals surface area (Å²) < 4.78 is 0. The third-order valence-electron chi connectivity index (χ3n) is 4.40. The molecule has 0 aromatic rings. The van der Waals surface area contributed by atoms with Crippen molar-refractivity contribution in [3.63, 3.8) is 0 Å². The van der Waals surface area contributed by atoms with E-state index in [-0.39, 0.29) is 5.41 Å². The van der Waals surface area contributed by atoms with Crippen LogP contribution in [-0.4, -0.2) is 36.5 Å². The molecule has 1 aliphatic carbocycles. The normalized spacial score (nSPS) is 22.2. The van der Waals surface area contributed by atoms with Gasteiger partial charge in [0.15, 0.2) is 0 Å². The average Bonchev–Trinajstić information content (AvgIpc) is 3.24. The van der Waals surface area contributed by atoms with E-state index >= 15 is 0 Å². The van der Waals surface area contributed by atoms with Gasteiger partial charge in [0.05, 0.1) is 17.9 Å². The molecule has 1 saturated carbocycles. The van der Waals surface area contributed by atoms with E-state index in [2.05, 4.69) is 18.3 Å². The molecule has 0 atom stereocenters. The van der Waals surface area contributed by atoms with Crippen molar-refractivity contribution in [2.24, 2.45) is 5.41 Å². The summed E-state index contributed by atoms with van der Waals surface area (Å²) in [6, 6.07) is 2.58. The molecule has 18 heavy (non-hydrogen) atoms. The van der Waals surface area contributed by atoms with E-state index in [1.807, 2.05) is 4.90 Å². The van der Waals surface area contributed by atoms with Crippen LogP contribution in [0.25, 0.3) is 0 Å². The van der Waals surface area contributed by atoms with Gasteiger partial charge in [-0.15, -0.1) is 0 Å². The van der Waals surface area contributed by atoms with Crippen molar-refractivity contribution in [1.29, 1.82) is 5.26 Å². The summed E-state index contributed by atoms with van der Waals surface area (Å²) >= 11 is 0. The molecule has 4 nitrogen and oxygen atoms in total. The zero-order valence-corrected chi connectivity index (χ0v) is 11.2. The van der Waals surface area contributed by atoms with E-state index in [4.69, 9.17) is 5.26 Å². The minimum Gasteiger partial charge on any atom is -0.338 e. The van der Waals surface area contributed by atoms with Crippen LogP contribution in [0.2, 0.25) is 0 Å². The molecular formula is C14H23N3O. The summed E-state index contributed by atoms with van der Waals surface area (Å²) in [7, 11) is 0. The largest absolute Gasteiger partial charge is 0.338 e. The first-order valence-electron chi connectivity index (χ1n) is 7.12. The molecule has 2 fully saturated rings. The fourth-order valence-corrected chi connectivity index (χ4v) is 2.94. The summed E-state index contributed by atoms with van der Waals surface area (Å²) in [5.74, 6) is 0.309. The summed E-state index contributed by atoms with van der Waals surface area (Å²) in [6.07, 6.45) is 5.50. The highest BCUT2D eigenvalue weighted by Crippen LogP contribution is 2.38. The number of nitrogens with one attached hydrogen (secondary N) is 1. The Hall–Kier alpha value is -1.08. The molecule has 0 aromatic carbocycles. The molecule has 0 radical (unpaired) electrons. The van der Waals surface area contributed by atoms with Gasteiger partial charge in [-0.05, 0) is 45.2 Å². The number of hydrogen-bond acceptors (Lipinski definition) is 3. The van der Waals surface area contributed by atoms with Crippen LogP contribution in [0.15, 0.2) is 0 Å². The van der Waals surface area contributed by atoms with Gasteiger partial charge >= 0.3 is 0 Å². The van der Waals surface area contributed by atoms with Crippen LogP contribution in [0, 0.1) is 16.7 Å². The van der Waals surface area contributed by atoms with E-state index in [9.17, 15) is 4.79 Å². The second-order valence-corrected chi connectivity index (χ2v) is 5.52. The Morgan fingerprint density at radius 1 is 1.44 bits per heavy atom. The van der Waals surface area contributed by atoms with Gasteiger partial charge in [0.1, 0.15) is 0 Å². The first-order chi connectivity index (χ1) is 8.73. The van der Waals surface area contributed by atoms with E-state index in [0.717, 1.165) is 45.2 Å². The predicted molar refractivity (Wildman–Crippen MR) is 69.8 cm³/mol. The van der Waals surface area contributed by atoms with Gasteiger partial charge in [0.25, 0.3) is 0 Å².